The van der Waals surface area contributed by atoms with Gasteiger partial charge in [0.15, 0.2) is 5.96 Å². The lowest BCUT2D eigenvalue weighted by molar-refractivity contribution is 0.0827. The number of aliphatic imine (C=N–C) groups is 1. The van der Waals surface area contributed by atoms with Gasteiger partial charge in [-0.25, -0.2) is 0 Å². The van der Waals surface area contributed by atoms with Crippen molar-refractivity contribution in [2.24, 2.45) is 10.9 Å². The summed E-state index contributed by atoms with van der Waals surface area (Å²) in [7, 11) is 7.35. The summed E-state index contributed by atoms with van der Waals surface area (Å²) in [5, 5.41) is 3.38. The van der Waals surface area contributed by atoms with Gasteiger partial charge in [-0.05, 0) is 42.9 Å². The number of likely N-dealkylation sites (N-methyl/N-ethyl adjacent to an activating group) is 1. The lowest BCUT2D eigenvalue weighted by Crippen LogP contribution is -2.41. The van der Waals surface area contributed by atoms with Gasteiger partial charge in [0, 0.05) is 53.5 Å². The number of ether oxygens (including phenoxy) is 1. The van der Waals surface area contributed by atoms with Crippen LogP contribution in [0.3, 0.4) is 0 Å². The van der Waals surface area contributed by atoms with Crippen molar-refractivity contribution < 1.29 is 9.53 Å². The summed E-state index contributed by atoms with van der Waals surface area (Å²) in [6.45, 7) is 3.20. The molecular weight excluding hydrogens is 455 g/mol. The van der Waals surface area contributed by atoms with Crippen molar-refractivity contribution in [2.45, 2.75) is 19.3 Å². The second-order valence-electron chi connectivity index (χ2n) is 7.06. The molecule has 1 amide bonds. The zero-order valence-electron chi connectivity index (χ0n) is 16.9. The minimum atomic E-state index is 0. The van der Waals surface area contributed by atoms with Gasteiger partial charge in [0.25, 0.3) is 5.91 Å². The van der Waals surface area contributed by atoms with Crippen LogP contribution in [-0.2, 0) is 11.2 Å². The molecule has 0 aliphatic heterocycles. The molecule has 0 saturated heterocycles. The van der Waals surface area contributed by atoms with Gasteiger partial charge < -0.3 is 19.9 Å². The Bertz CT molecular complexity index is 618. The molecule has 1 aromatic rings. The van der Waals surface area contributed by atoms with E-state index >= 15 is 0 Å². The third-order valence-corrected chi connectivity index (χ3v) is 4.47. The van der Waals surface area contributed by atoms with Crippen LogP contribution in [0.25, 0.3) is 0 Å². The molecule has 1 aliphatic rings. The zero-order valence-corrected chi connectivity index (χ0v) is 19.2. The van der Waals surface area contributed by atoms with Crippen LogP contribution in [0.1, 0.15) is 28.8 Å². The van der Waals surface area contributed by atoms with Gasteiger partial charge in [0.1, 0.15) is 0 Å². The lowest BCUT2D eigenvalue weighted by atomic mass is 10.1. The molecule has 1 aliphatic carbocycles. The Hall–Kier alpha value is -1.35. The Kier molecular flexibility index (Phi) is 10.7. The van der Waals surface area contributed by atoms with E-state index in [-0.39, 0.29) is 29.9 Å². The van der Waals surface area contributed by atoms with E-state index in [9.17, 15) is 4.79 Å². The Balaban J connectivity index is 0.00000364. The van der Waals surface area contributed by atoms with E-state index in [1.54, 1.807) is 26.0 Å². The van der Waals surface area contributed by atoms with Gasteiger partial charge in [0.2, 0.25) is 0 Å². The van der Waals surface area contributed by atoms with Gasteiger partial charge in [0.05, 0.1) is 6.61 Å². The highest BCUT2D eigenvalue weighted by atomic mass is 127. The average Bonchev–Trinajstić information content (AvgIpc) is 3.46. The summed E-state index contributed by atoms with van der Waals surface area (Å²) in [5.74, 6) is 1.69. The quantitative estimate of drug-likeness (QED) is 0.251. The summed E-state index contributed by atoms with van der Waals surface area (Å²) in [5.41, 5.74) is 1.86. The number of carbonyl (C=O) groups excluding carboxylic acids is 1. The minimum Gasteiger partial charge on any atom is -0.379 e. The standard InChI is InChI=1S/C20H32N4O2.HI/c1-21-20(24(4)12-13-26-15-17-8-9-17)22-11-10-16-6-5-7-18(14-16)19(25)23(2)3;/h5-7,14,17H,8-13,15H2,1-4H3,(H,21,22);1H. The van der Waals surface area contributed by atoms with E-state index in [0.717, 1.165) is 55.7 Å². The molecule has 0 bridgehead atoms. The third kappa shape index (κ3) is 8.47. The summed E-state index contributed by atoms with van der Waals surface area (Å²) in [6, 6.07) is 7.80. The fourth-order valence-corrected chi connectivity index (χ4v) is 2.66. The first-order valence-electron chi connectivity index (χ1n) is 9.31. The number of carbonyl (C=O) groups is 1. The first kappa shape index (κ1) is 23.7. The van der Waals surface area contributed by atoms with E-state index in [0.29, 0.717) is 0 Å². The van der Waals surface area contributed by atoms with E-state index in [4.69, 9.17) is 4.74 Å². The number of rotatable bonds is 9. The van der Waals surface area contributed by atoms with Crippen LogP contribution < -0.4 is 5.32 Å². The van der Waals surface area contributed by atoms with E-state index in [1.165, 1.54) is 12.8 Å². The average molecular weight is 488 g/mol. The molecule has 152 valence electrons. The number of hydrogen-bond acceptors (Lipinski definition) is 3. The topological polar surface area (TPSA) is 57.2 Å². The molecule has 27 heavy (non-hydrogen) atoms. The summed E-state index contributed by atoms with van der Waals surface area (Å²) in [4.78, 5) is 20.1. The smallest absolute Gasteiger partial charge is 0.253 e. The van der Waals surface area contributed by atoms with E-state index in [2.05, 4.69) is 15.2 Å². The maximum atomic E-state index is 12.1. The molecule has 7 heteroatoms. The fraction of sp³-hybridized carbons (Fsp3) is 0.600. The molecule has 0 unspecified atom stereocenters. The van der Waals surface area contributed by atoms with Crippen molar-refractivity contribution in [3.63, 3.8) is 0 Å². The molecule has 1 aromatic carbocycles. The number of hydrogen-bond donors (Lipinski definition) is 1. The van der Waals surface area contributed by atoms with E-state index in [1.807, 2.05) is 31.3 Å². The number of nitrogens with one attached hydrogen (secondary N) is 1. The maximum Gasteiger partial charge on any atom is 0.253 e. The minimum absolute atomic E-state index is 0. The maximum absolute atomic E-state index is 12.1. The first-order chi connectivity index (χ1) is 12.5. The molecule has 0 spiro atoms. The summed E-state index contributed by atoms with van der Waals surface area (Å²) < 4.78 is 5.69. The van der Waals surface area contributed by atoms with Crippen molar-refractivity contribution >= 4 is 35.8 Å². The van der Waals surface area contributed by atoms with Crippen molar-refractivity contribution in [2.75, 3.05) is 54.5 Å². The molecule has 1 saturated carbocycles. The van der Waals surface area contributed by atoms with Crippen LogP contribution in [0.4, 0.5) is 0 Å². The molecule has 1 fully saturated rings. The molecule has 0 heterocycles. The Morgan fingerprint density at radius 3 is 2.67 bits per heavy atom. The molecular formula is C20H33IN4O2. The zero-order chi connectivity index (χ0) is 18.9. The highest BCUT2D eigenvalue weighted by Crippen LogP contribution is 2.28. The lowest BCUT2D eigenvalue weighted by Gasteiger charge is -2.22. The monoisotopic (exact) mass is 488 g/mol. The van der Waals surface area contributed by atoms with E-state index < -0.39 is 0 Å². The summed E-state index contributed by atoms with van der Waals surface area (Å²) in [6.07, 6.45) is 3.47. The molecule has 0 atom stereocenters. The first-order valence-corrected chi connectivity index (χ1v) is 9.31. The Labute approximate surface area is 180 Å². The summed E-state index contributed by atoms with van der Waals surface area (Å²) >= 11 is 0. The number of guanidine groups is 1. The van der Waals surface area contributed by atoms with Gasteiger partial charge in [-0.3, -0.25) is 9.79 Å². The van der Waals surface area contributed by atoms with Crippen LogP contribution >= 0.6 is 24.0 Å². The normalized spacial score (nSPS) is 13.7. The molecule has 1 N–H and O–H groups in total. The van der Waals surface area contributed by atoms with Crippen molar-refractivity contribution in [1.82, 2.24) is 15.1 Å². The number of benzene rings is 1. The molecule has 0 radical (unpaired) electrons. The van der Waals surface area contributed by atoms with Crippen LogP contribution in [0.2, 0.25) is 0 Å². The Morgan fingerprint density at radius 1 is 1.30 bits per heavy atom. The number of nitrogens with zero attached hydrogens (tertiary/aromatic N) is 3. The predicted molar refractivity (Wildman–Crippen MR) is 121 cm³/mol. The number of halogens is 1. The highest BCUT2D eigenvalue weighted by Gasteiger charge is 2.21. The predicted octanol–water partition coefficient (Wildman–Crippen LogP) is 2.48. The molecule has 2 rings (SSSR count). The highest BCUT2D eigenvalue weighted by molar-refractivity contribution is 14.0. The van der Waals surface area contributed by atoms with Crippen molar-refractivity contribution in [3.8, 4) is 0 Å². The molecule has 0 aromatic heterocycles. The number of amides is 1. The van der Waals surface area contributed by atoms with Crippen LogP contribution in [0.5, 0.6) is 0 Å². The van der Waals surface area contributed by atoms with Crippen LogP contribution in [-0.4, -0.2) is 76.2 Å². The fourth-order valence-electron chi connectivity index (χ4n) is 2.66. The Morgan fingerprint density at radius 2 is 2.04 bits per heavy atom. The second-order valence-corrected chi connectivity index (χ2v) is 7.06. The van der Waals surface area contributed by atoms with Gasteiger partial charge in [-0.1, -0.05) is 12.1 Å². The second kappa shape index (κ2) is 12.2. The van der Waals surface area contributed by atoms with Crippen LogP contribution in [0, 0.1) is 5.92 Å². The van der Waals surface area contributed by atoms with Crippen molar-refractivity contribution in [3.05, 3.63) is 35.4 Å². The van der Waals surface area contributed by atoms with Crippen LogP contribution in [0.15, 0.2) is 29.3 Å². The molecule has 6 nitrogen and oxygen atoms in total. The third-order valence-electron chi connectivity index (χ3n) is 4.47. The largest absolute Gasteiger partial charge is 0.379 e. The van der Waals surface area contributed by atoms with Gasteiger partial charge in [-0.15, -0.1) is 24.0 Å². The SMILES string of the molecule is CN=C(NCCc1cccc(C(=O)N(C)C)c1)N(C)CCOCC1CC1.I. The van der Waals surface area contributed by atoms with Gasteiger partial charge >= 0.3 is 0 Å². The van der Waals surface area contributed by atoms with Crippen molar-refractivity contribution in [1.29, 1.82) is 0 Å². The van der Waals surface area contributed by atoms with Gasteiger partial charge in [-0.2, -0.15) is 0 Å².